The van der Waals surface area contributed by atoms with Crippen molar-refractivity contribution in [1.29, 1.82) is 0 Å². The number of amides is 1. The second kappa shape index (κ2) is 12.8. The molecule has 1 heterocycles. The van der Waals surface area contributed by atoms with Crippen molar-refractivity contribution in [1.82, 2.24) is 20.4 Å². The molecule has 1 atom stereocenters. The number of carbonyl (C=O) groups excluding carboxylic acids is 1. The van der Waals surface area contributed by atoms with Gasteiger partial charge in [-0.15, -0.1) is 24.0 Å². The van der Waals surface area contributed by atoms with Crippen LogP contribution in [-0.4, -0.2) is 75.0 Å². The molecule has 0 aromatic heterocycles. The lowest BCUT2D eigenvalue weighted by atomic mass is 10.0. The maximum atomic E-state index is 11.5. The van der Waals surface area contributed by atoms with E-state index in [9.17, 15) is 4.79 Å². The van der Waals surface area contributed by atoms with Crippen molar-refractivity contribution in [3.05, 3.63) is 0 Å². The molecule has 6 nitrogen and oxygen atoms in total. The molecule has 0 spiro atoms. The van der Waals surface area contributed by atoms with Crippen molar-refractivity contribution < 1.29 is 4.79 Å². The Morgan fingerprint density at radius 1 is 1.26 bits per heavy atom. The normalized spacial score (nSPS) is 19.0. The molecular formula is C16H34IN5O. The molecule has 0 aromatic carbocycles. The van der Waals surface area contributed by atoms with Crippen LogP contribution in [0.25, 0.3) is 0 Å². The van der Waals surface area contributed by atoms with Crippen LogP contribution in [-0.2, 0) is 4.79 Å². The van der Waals surface area contributed by atoms with Crippen molar-refractivity contribution in [2.75, 3.05) is 47.3 Å². The fourth-order valence-corrected chi connectivity index (χ4v) is 2.87. The van der Waals surface area contributed by atoms with Gasteiger partial charge in [0.25, 0.3) is 0 Å². The van der Waals surface area contributed by atoms with Crippen LogP contribution < -0.4 is 10.6 Å². The van der Waals surface area contributed by atoms with Gasteiger partial charge in [-0.25, -0.2) is 0 Å². The number of guanidine groups is 1. The molecule has 2 N–H and O–H groups in total. The number of piperidine rings is 1. The van der Waals surface area contributed by atoms with Gasteiger partial charge >= 0.3 is 0 Å². The molecule has 0 aliphatic carbocycles. The lowest BCUT2D eigenvalue weighted by Crippen LogP contribution is -2.46. The van der Waals surface area contributed by atoms with E-state index >= 15 is 0 Å². The van der Waals surface area contributed by atoms with Crippen molar-refractivity contribution in [2.45, 2.75) is 45.1 Å². The van der Waals surface area contributed by atoms with Crippen LogP contribution in [0.4, 0.5) is 0 Å². The molecule has 1 saturated heterocycles. The summed E-state index contributed by atoms with van der Waals surface area (Å²) in [5.74, 6) is 0.902. The molecule has 1 amide bonds. The van der Waals surface area contributed by atoms with E-state index in [1.54, 1.807) is 26.0 Å². The van der Waals surface area contributed by atoms with Crippen molar-refractivity contribution in [2.24, 2.45) is 4.99 Å². The van der Waals surface area contributed by atoms with E-state index < -0.39 is 0 Å². The second-order valence-corrected chi connectivity index (χ2v) is 6.06. The molecule has 0 saturated carbocycles. The Labute approximate surface area is 158 Å². The quantitative estimate of drug-likeness (QED) is 0.359. The molecule has 1 fully saturated rings. The summed E-state index contributed by atoms with van der Waals surface area (Å²) in [4.78, 5) is 19.9. The van der Waals surface area contributed by atoms with E-state index in [0.29, 0.717) is 13.0 Å². The minimum absolute atomic E-state index is 0. The highest BCUT2D eigenvalue weighted by atomic mass is 127. The number of rotatable bonds is 7. The first-order chi connectivity index (χ1) is 10.6. The van der Waals surface area contributed by atoms with Gasteiger partial charge in [0.15, 0.2) is 5.96 Å². The van der Waals surface area contributed by atoms with Crippen LogP contribution >= 0.6 is 24.0 Å². The van der Waals surface area contributed by atoms with Crippen molar-refractivity contribution >= 4 is 35.8 Å². The molecule has 0 bridgehead atoms. The molecule has 1 rings (SSSR count). The first-order valence-corrected chi connectivity index (χ1v) is 8.47. The summed E-state index contributed by atoms with van der Waals surface area (Å²) in [6, 6.07) is 0.739. The summed E-state index contributed by atoms with van der Waals surface area (Å²) >= 11 is 0. The van der Waals surface area contributed by atoms with E-state index in [2.05, 4.69) is 27.4 Å². The van der Waals surface area contributed by atoms with Gasteiger partial charge in [0.1, 0.15) is 0 Å². The van der Waals surface area contributed by atoms with Crippen molar-refractivity contribution in [3.63, 3.8) is 0 Å². The van der Waals surface area contributed by atoms with E-state index in [4.69, 9.17) is 0 Å². The summed E-state index contributed by atoms with van der Waals surface area (Å²) in [6.07, 6.45) is 5.73. The number of carbonyl (C=O) groups is 1. The third-order valence-corrected chi connectivity index (χ3v) is 4.27. The third kappa shape index (κ3) is 8.74. The highest BCUT2D eigenvalue weighted by Crippen LogP contribution is 2.18. The summed E-state index contributed by atoms with van der Waals surface area (Å²) in [5.41, 5.74) is 0. The molecule has 1 aliphatic heterocycles. The maximum Gasteiger partial charge on any atom is 0.223 e. The Bertz CT molecular complexity index is 362. The smallest absolute Gasteiger partial charge is 0.223 e. The van der Waals surface area contributed by atoms with Gasteiger partial charge in [0, 0.05) is 53.2 Å². The number of nitrogens with one attached hydrogen (secondary N) is 2. The largest absolute Gasteiger partial charge is 0.356 e. The topological polar surface area (TPSA) is 60.0 Å². The Balaban J connectivity index is 0.00000484. The van der Waals surface area contributed by atoms with Gasteiger partial charge < -0.3 is 15.5 Å². The highest BCUT2D eigenvalue weighted by Gasteiger charge is 2.19. The number of hydrogen-bond acceptors (Lipinski definition) is 3. The second-order valence-electron chi connectivity index (χ2n) is 6.06. The van der Waals surface area contributed by atoms with E-state index in [1.807, 2.05) is 0 Å². The highest BCUT2D eigenvalue weighted by molar-refractivity contribution is 14.0. The van der Waals surface area contributed by atoms with E-state index in [1.165, 1.54) is 32.2 Å². The molecule has 23 heavy (non-hydrogen) atoms. The van der Waals surface area contributed by atoms with E-state index in [-0.39, 0.29) is 29.9 Å². The summed E-state index contributed by atoms with van der Waals surface area (Å²) in [6.45, 7) is 6.04. The first-order valence-electron chi connectivity index (χ1n) is 8.47. The standard InChI is InChI=1S/C16H33N5O.HI/c1-5-14-8-6-7-12-21(14)13-11-19-16(17-2)18-10-9-15(22)20(3)4;/h14H,5-13H2,1-4H3,(H2,17,18,19);1H. The van der Waals surface area contributed by atoms with Gasteiger partial charge in [0.05, 0.1) is 0 Å². The van der Waals surface area contributed by atoms with Gasteiger partial charge in [-0.05, 0) is 25.8 Å². The fraction of sp³-hybridized carbons (Fsp3) is 0.875. The first kappa shape index (κ1) is 22.4. The minimum Gasteiger partial charge on any atom is -0.356 e. The molecular weight excluding hydrogens is 405 g/mol. The van der Waals surface area contributed by atoms with Crippen LogP contribution in [0.1, 0.15) is 39.0 Å². The van der Waals surface area contributed by atoms with Gasteiger partial charge in [-0.3, -0.25) is 14.7 Å². The maximum absolute atomic E-state index is 11.5. The zero-order chi connectivity index (χ0) is 16.4. The Hall–Kier alpha value is -0.570. The summed E-state index contributed by atoms with van der Waals surface area (Å²) in [5, 5.41) is 6.53. The number of halogens is 1. The molecule has 0 aromatic rings. The van der Waals surface area contributed by atoms with Crippen LogP contribution in [0.15, 0.2) is 4.99 Å². The van der Waals surface area contributed by atoms with Gasteiger partial charge in [0.2, 0.25) is 5.91 Å². The molecule has 136 valence electrons. The number of likely N-dealkylation sites (tertiary alicyclic amines) is 1. The van der Waals surface area contributed by atoms with Crippen LogP contribution in [0.5, 0.6) is 0 Å². The number of hydrogen-bond donors (Lipinski definition) is 2. The Kier molecular flexibility index (Phi) is 12.5. The van der Waals surface area contributed by atoms with Gasteiger partial charge in [-0.1, -0.05) is 13.3 Å². The SMILES string of the molecule is CCC1CCCCN1CCNC(=NC)NCCC(=O)N(C)C.I. The summed E-state index contributed by atoms with van der Waals surface area (Å²) < 4.78 is 0. The molecule has 7 heteroatoms. The van der Waals surface area contributed by atoms with Gasteiger partial charge in [-0.2, -0.15) is 0 Å². The Morgan fingerprint density at radius 2 is 1.96 bits per heavy atom. The number of nitrogens with zero attached hydrogens (tertiary/aromatic N) is 3. The molecule has 1 unspecified atom stereocenters. The van der Waals surface area contributed by atoms with Crippen LogP contribution in [0.3, 0.4) is 0 Å². The zero-order valence-electron chi connectivity index (χ0n) is 15.1. The molecule has 1 aliphatic rings. The average molecular weight is 439 g/mol. The predicted octanol–water partition coefficient (Wildman–Crippen LogP) is 1.51. The van der Waals surface area contributed by atoms with Crippen LogP contribution in [0.2, 0.25) is 0 Å². The zero-order valence-corrected chi connectivity index (χ0v) is 17.4. The average Bonchev–Trinajstić information content (AvgIpc) is 2.53. The number of aliphatic imine (C=N–C) groups is 1. The van der Waals surface area contributed by atoms with E-state index in [0.717, 1.165) is 25.1 Å². The summed E-state index contributed by atoms with van der Waals surface area (Å²) in [7, 11) is 5.31. The third-order valence-electron chi connectivity index (χ3n) is 4.27. The van der Waals surface area contributed by atoms with Crippen molar-refractivity contribution in [3.8, 4) is 0 Å². The molecule has 0 radical (unpaired) electrons. The van der Waals surface area contributed by atoms with Crippen LogP contribution in [0, 0.1) is 0 Å². The monoisotopic (exact) mass is 439 g/mol. The fourth-order valence-electron chi connectivity index (χ4n) is 2.87. The lowest BCUT2D eigenvalue weighted by Gasteiger charge is -2.35. The minimum atomic E-state index is 0. The lowest BCUT2D eigenvalue weighted by molar-refractivity contribution is -0.128. The predicted molar refractivity (Wildman–Crippen MR) is 108 cm³/mol. The Morgan fingerprint density at radius 3 is 2.57 bits per heavy atom.